The Balaban J connectivity index is 1.44. The van der Waals surface area contributed by atoms with Crippen LogP contribution in [0.2, 0.25) is 0 Å². The highest BCUT2D eigenvalue weighted by atomic mass is 32.2. The fourth-order valence-electron chi connectivity index (χ4n) is 4.23. The van der Waals surface area contributed by atoms with E-state index in [1.54, 1.807) is 12.1 Å². The minimum Gasteiger partial charge on any atom is -0.496 e. The number of nitro groups is 1. The lowest BCUT2D eigenvalue weighted by Crippen LogP contribution is -2.48. The molecule has 1 heterocycles. The van der Waals surface area contributed by atoms with E-state index in [1.807, 2.05) is 12.1 Å². The van der Waals surface area contributed by atoms with Crippen LogP contribution in [0.5, 0.6) is 5.75 Å². The van der Waals surface area contributed by atoms with Crippen molar-refractivity contribution in [3.05, 3.63) is 63.2 Å². The molecule has 0 spiro atoms. The summed E-state index contributed by atoms with van der Waals surface area (Å²) in [6.45, 7) is 2.34. The monoisotopic (exact) mass is 431 g/mol. The summed E-state index contributed by atoms with van der Waals surface area (Å²) >= 11 is 0. The van der Waals surface area contributed by atoms with E-state index in [4.69, 9.17) is 4.74 Å². The standard InChI is InChI=1S/C21H25N3O5S/c1-29-21-8-6-19(24(25)26)13-18(21)15-22-9-11-23(12-10-22)30(27,28)20-7-5-16-3-2-4-17(16)14-20/h5-8,13-14H,2-4,9-12,15H2,1H3. The second-order valence-corrected chi connectivity index (χ2v) is 9.66. The van der Waals surface area contributed by atoms with Crippen molar-refractivity contribution in [2.45, 2.75) is 30.7 Å². The molecule has 0 unspecified atom stereocenters. The number of benzene rings is 2. The third-order valence-electron chi connectivity index (χ3n) is 5.91. The van der Waals surface area contributed by atoms with Crippen LogP contribution in [0, 0.1) is 10.1 Å². The first-order chi connectivity index (χ1) is 14.4. The molecule has 0 N–H and O–H groups in total. The van der Waals surface area contributed by atoms with Crippen molar-refractivity contribution in [1.82, 2.24) is 9.21 Å². The van der Waals surface area contributed by atoms with Crippen LogP contribution in [0.25, 0.3) is 0 Å². The number of methoxy groups -OCH3 is 1. The number of aryl methyl sites for hydroxylation is 2. The Labute approximate surface area is 176 Å². The molecule has 0 amide bonds. The molecule has 1 fully saturated rings. The van der Waals surface area contributed by atoms with Gasteiger partial charge in [0.1, 0.15) is 5.75 Å². The quantitative estimate of drug-likeness (QED) is 0.516. The molecule has 2 aromatic carbocycles. The van der Waals surface area contributed by atoms with Gasteiger partial charge >= 0.3 is 0 Å². The number of ether oxygens (including phenoxy) is 1. The van der Waals surface area contributed by atoms with Crippen molar-refractivity contribution < 1.29 is 18.1 Å². The van der Waals surface area contributed by atoms with Gasteiger partial charge in [-0.05, 0) is 48.6 Å². The zero-order valence-corrected chi connectivity index (χ0v) is 17.7. The maximum Gasteiger partial charge on any atom is 0.270 e. The van der Waals surface area contributed by atoms with Gasteiger partial charge in [-0.25, -0.2) is 8.42 Å². The lowest BCUT2D eigenvalue weighted by atomic mass is 10.1. The summed E-state index contributed by atoms with van der Waals surface area (Å²) in [6, 6.07) is 10.0. The number of sulfonamides is 1. The predicted molar refractivity (Wildman–Crippen MR) is 112 cm³/mol. The fourth-order valence-corrected chi connectivity index (χ4v) is 5.70. The highest BCUT2D eigenvalue weighted by Gasteiger charge is 2.29. The maximum absolute atomic E-state index is 13.1. The van der Waals surface area contributed by atoms with Crippen LogP contribution in [0.1, 0.15) is 23.1 Å². The molecule has 160 valence electrons. The van der Waals surface area contributed by atoms with E-state index in [1.165, 1.54) is 29.1 Å². The first-order valence-electron chi connectivity index (χ1n) is 10.0. The molecule has 8 nitrogen and oxygen atoms in total. The Bertz CT molecular complexity index is 1060. The van der Waals surface area contributed by atoms with E-state index in [0.29, 0.717) is 43.4 Å². The minimum absolute atomic E-state index is 0.0172. The van der Waals surface area contributed by atoms with E-state index in [0.717, 1.165) is 30.4 Å². The molecular formula is C21H25N3O5S. The van der Waals surface area contributed by atoms with E-state index in [-0.39, 0.29) is 5.69 Å². The molecule has 9 heteroatoms. The second-order valence-electron chi connectivity index (χ2n) is 7.72. The lowest BCUT2D eigenvalue weighted by Gasteiger charge is -2.34. The van der Waals surface area contributed by atoms with Gasteiger partial charge in [0.2, 0.25) is 10.0 Å². The van der Waals surface area contributed by atoms with Crippen LogP contribution in [0.4, 0.5) is 5.69 Å². The van der Waals surface area contributed by atoms with E-state index >= 15 is 0 Å². The summed E-state index contributed by atoms with van der Waals surface area (Å²) in [5, 5.41) is 11.1. The molecule has 0 bridgehead atoms. The molecule has 2 aromatic rings. The number of fused-ring (bicyclic) bond motifs is 1. The third kappa shape index (κ3) is 4.05. The van der Waals surface area contributed by atoms with Crippen LogP contribution >= 0.6 is 0 Å². The van der Waals surface area contributed by atoms with Gasteiger partial charge in [-0.2, -0.15) is 4.31 Å². The van der Waals surface area contributed by atoms with Crippen LogP contribution in [0.3, 0.4) is 0 Å². The fraction of sp³-hybridized carbons (Fsp3) is 0.429. The van der Waals surface area contributed by atoms with Crippen LogP contribution in [-0.4, -0.2) is 55.8 Å². The normalized spacial score (nSPS) is 17.6. The SMILES string of the molecule is COc1ccc([N+](=O)[O-])cc1CN1CCN(S(=O)(=O)c2ccc3c(c2)CCC3)CC1. The number of piperazine rings is 1. The number of non-ortho nitro benzene ring substituents is 1. The molecule has 1 saturated heterocycles. The molecule has 0 saturated carbocycles. The van der Waals surface area contributed by atoms with Crippen molar-refractivity contribution in [3.8, 4) is 5.75 Å². The van der Waals surface area contributed by atoms with E-state index in [2.05, 4.69) is 4.90 Å². The Morgan fingerprint density at radius 1 is 1.03 bits per heavy atom. The van der Waals surface area contributed by atoms with Crippen molar-refractivity contribution >= 4 is 15.7 Å². The Morgan fingerprint density at radius 2 is 1.77 bits per heavy atom. The van der Waals surface area contributed by atoms with Gasteiger partial charge in [0.05, 0.1) is 16.9 Å². The zero-order valence-electron chi connectivity index (χ0n) is 16.9. The summed E-state index contributed by atoms with van der Waals surface area (Å²) < 4.78 is 33.0. The molecule has 0 radical (unpaired) electrons. The summed E-state index contributed by atoms with van der Waals surface area (Å²) in [5.41, 5.74) is 3.14. The molecular weight excluding hydrogens is 406 g/mol. The molecule has 1 aliphatic heterocycles. The molecule has 1 aliphatic carbocycles. The first kappa shape index (κ1) is 20.8. The van der Waals surface area contributed by atoms with E-state index in [9.17, 15) is 18.5 Å². The molecule has 2 aliphatic rings. The Morgan fingerprint density at radius 3 is 2.47 bits per heavy atom. The largest absolute Gasteiger partial charge is 0.496 e. The zero-order chi connectivity index (χ0) is 21.3. The van der Waals surface area contributed by atoms with Crippen LogP contribution in [-0.2, 0) is 29.4 Å². The summed E-state index contributed by atoms with van der Waals surface area (Å²) in [4.78, 5) is 13.1. The number of nitrogens with zero attached hydrogens (tertiary/aromatic N) is 3. The van der Waals surface area contributed by atoms with Gasteiger partial charge in [-0.1, -0.05) is 6.07 Å². The first-order valence-corrected chi connectivity index (χ1v) is 11.5. The molecule has 0 atom stereocenters. The van der Waals surface area contributed by atoms with Crippen molar-refractivity contribution in [3.63, 3.8) is 0 Å². The van der Waals surface area contributed by atoms with Crippen molar-refractivity contribution in [1.29, 1.82) is 0 Å². The summed E-state index contributed by atoms with van der Waals surface area (Å²) in [5.74, 6) is 0.591. The lowest BCUT2D eigenvalue weighted by molar-refractivity contribution is -0.385. The number of hydrogen-bond acceptors (Lipinski definition) is 6. The smallest absolute Gasteiger partial charge is 0.270 e. The van der Waals surface area contributed by atoms with Crippen LogP contribution < -0.4 is 4.74 Å². The predicted octanol–water partition coefficient (Wildman–Crippen LogP) is 2.60. The summed E-state index contributed by atoms with van der Waals surface area (Å²) in [7, 11) is -1.98. The van der Waals surface area contributed by atoms with Gasteiger partial charge in [0.15, 0.2) is 0 Å². The Hall–Kier alpha value is -2.49. The minimum atomic E-state index is -3.52. The highest BCUT2D eigenvalue weighted by molar-refractivity contribution is 7.89. The van der Waals surface area contributed by atoms with Gasteiger partial charge in [0.25, 0.3) is 5.69 Å². The average Bonchev–Trinajstić information content (AvgIpc) is 3.22. The van der Waals surface area contributed by atoms with Crippen molar-refractivity contribution in [2.24, 2.45) is 0 Å². The van der Waals surface area contributed by atoms with Gasteiger partial charge in [-0.3, -0.25) is 15.0 Å². The summed E-state index contributed by atoms with van der Waals surface area (Å²) in [6.07, 6.45) is 3.05. The van der Waals surface area contributed by atoms with E-state index < -0.39 is 14.9 Å². The molecule has 4 rings (SSSR count). The highest BCUT2D eigenvalue weighted by Crippen LogP contribution is 2.28. The van der Waals surface area contributed by atoms with Crippen LogP contribution in [0.15, 0.2) is 41.3 Å². The average molecular weight is 432 g/mol. The van der Waals surface area contributed by atoms with Gasteiger partial charge < -0.3 is 4.74 Å². The molecule has 0 aromatic heterocycles. The van der Waals surface area contributed by atoms with Crippen molar-refractivity contribution in [2.75, 3.05) is 33.3 Å². The molecule has 30 heavy (non-hydrogen) atoms. The number of hydrogen-bond donors (Lipinski definition) is 0. The van der Waals surface area contributed by atoms with Gasteiger partial charge in [0, 0.05) is 50.4 Å². The Kier molecular flexibility index (Phi) is 5.77. The number of rotatable bonds is 6. The second kappa shape index (κ2) is 8.33. The third-order valence-corrected chi connectivity index (χ3v) is 7.80. The van der Waals surface area contributed by atoms with Gasteiger partial charge in [-0.15, -0.1) is 0 Å². The topological polar surface area (TPSA) is 93.0 Å². The number of nitro benzene ring substituents is 1. The maximum atomic E-state index is 13.1.